The second-order valence-corrected chi connectivity index (χ2v) is 19.8. The third-order valence-corrected chi connectivity index (χ3v) is 17.3. The van der Waals surface area contributed by atoms with Gasteiger partial charge in [0.2, 0.25) is 0 Å². The van der Waals surface area contributed by atoms with Crippen molar-refractivity contribution in [3.05, 3.63) is 0 Å². The van der Waals surface area contributed by atoms with Gasteiger partial charge in [0.05, 0.1) is 0 Å². The Hall–Kier alpha value is 1.40. The van der Waals surface area contributed by atoms with Gasteiger partial charge in [-0.25, -0.2) is 0 Å². The van der Waals surface area contributed by atoms with E-state index >= 15 is 0 Å². The van der Waals surface area contributed by atoms with Crippen molar-refractivity contribution in [1.82, 2.24) is 0 Å². The van der Waals surface area contributed by atoms with E-state index in [1.165, 1.54) is 51.4 Å². The van der Waals surface area contributed by atoms with Crippen LogP contribution in [-0.2, 0) is 0 Å². The molecule has 7 aliphatic rings. The standard InChI is InChI=1S/C32H52S4/c1-16-4-28(24-13-22(34)6-17(24)2)30(5-16)36-32-12-20-11-29(32)27-15-23(14-26(20)27)35-31-10-19-8-21(33)7-18(3)25(31)9-19/h16-34H,4-15H2,1-3H3. The second-order valence-electron chi connectivity index (χ2n) is 15.3. The van der Waals surface area contributed by atoms with Gasteiger partial charge in [0, 0.05) is 31.5 Å². The fraction of sp³-hybridized carbons (Fsp3) is 1.00. The lowest BCUT2D eigenvalue weighted by Crippen LogP contribution is -2.30. The fourth-order valence-electron chi connectivity index (χ4n) is 11.6. The summed E-state index contributed by atoms with van der Waals surface area (Å²) in [7, 11) is 0. The van der Waals surface area contributed by atoms with Crippen LogP contribution in [0.15, 0.2) is 0 Å². The van der Waals surface area contributed by atoms with Crippen LogP contribution in [0.3, 0.4) is 0 Å². The van der Waals surface area contributed by atoms with Crippen molar-refractivity contribution in [2.45, 2.75) is 129 Å². The molecule has 0 aromatic rings. The molecule has 0 radical (unpaired) electrons. The van der Waals surface area contributed by atoms with Gasteiger partial charge in [-0.3, -0.25) is 0 Å². The van der Waals surface area contributed by atoms with Crippen LogP contribution in [-0.4, -0.2) is 31.5 Å². The fourth-order valence-corrected chi connectivity index (χ4v) is 17.2. The first-order chi connectivity index (χ1) is 17.3. The number of rotatable bonds is 5. The molecule has 0 saturated heterocycles. The lowest BCUT2D eigenvalue weighted by Gasteiger charge is -2.35. The minimum atomic E-state index is 0.675. The smallest absolute Gasteiger partial charge is 0.00838 e. The molecule has 4 heteroatoms. The van der Waals surface area contributed by atoms with Crippen LogP contribution < -0.4 is 0 Å². The maximum absolute atomic E-state index is 4.92. The Bertz CT molecular complexity index is 799. The molecule has 36 heavy (non-hydrogen) atoms. The average molecular weight is 565 g/mol. The molecule has 4 bridgehead atoms. The molecule has 7 saturated carbocycles. The van der Waals surface area contributed by atoms with Crippen molar-refractivity contribution in [3.8, 4) is 0 Å². The highest BCUT2D eigenvalue weighted by atomic mass is 32.2. The van der Waals surface area contributed by atoms with E-state index in [9.17, 15) is 0 Å². The van der Waals surface area contributed by atoms with E-state index in [4.69, 9.17) is 25.3 Å². The summed E-state index contributed by atoms with van der Waals surface area (Å²) in [5.41, 5.74) is 0. The molecule has 7 rings (SSSR count). The van der Waals surface area contributed by atoms with Crippen LogP contribution in [0.4, 0.5) is 0 Å². The molecular weight excluding hydrogens is 513 g/mol. The minimum absolute atomic E-state index is 0.675. The van der Waals surface area contributed by atoms with Gasteiger partial charge in [-0.1, -0.05) is 20.8 Å². The molecule has 17 unspecified atom stereocenters. The highest BCUT2D eigenvalue weighted by Gasteiger charge is 2.57. The highest BCUT2D eigenvalue weighted by Crippen LogP contribution is 2.65. The van der Waals surface area contributed by atoms with E-state index < -0.39 is 0 Å². The zero-order valence-electron chi connectivity index (χ0n) is 23.0. The van der Waals surface area contributed by atoms with Crippen LogP contribution in [0.1, 0.15) is 97.8 Å². The predicted octanol–water partition coefficient (Wildman–Crippen LogP) is 9.14. The van der Waals surface area contributed by atoms with Crippen molar-refractivity contribution in [1.29, 1.82) is 0 Å². The zero-order valence-corrected chi connectivity index (χ0v) is 26.4. The van der Waals surface area contributed by atoms with Gasteiger partial charge in [0.15, 0.2) is 0 Å². The van der Waals surface area contributed by atoms with Gasteiger partial charge < -0.3 is 0 Å². The van der Waals surface area contributed by atoms with Gasteiger partial charge in [-0.15, -0.1) is 0 Å². The molecule has 17 atom stereocenters. The molecular formula is C32H52S4. The molecule has 0 N–H and O–H groups in total. The van der Waals surface area contributed by atoms with E-state index in [2.05, 4.69) is 44.3 Å². The number of hydrogen-bond acceptors (Lipinski definition) is 4. The largest absolute Gasteiger partial charge is 0.176 e. The molecule has 0 heterocycles. The van der Waals surface area contributed by atoms with Gasteiger partial charge >= 0.3 is 0 Å². The molecule has 0 aromatic heterocycles. The number of thioether (sulfide) groups is 2. The third kappa shape index (κ3) is 4.80. The number of fused-ring (bicyclic) bond motifs is 7. The summed E-state index contributed by atoms with van der Waals surface area (Å²) in [6.07, 6.45) is 17.9. The minimum Gasteiger partial charge on any atom is -0.176 e. The Morgan fingerprint density at radius 3 is 1.92 bits per heavy atom. The van der Waals surface area contributed by atoms with Crippen molar-refractivity contribution in [2.75, 3.05) is 0 Å². The molecule has 0 aliphatic heterocycles. The Morgan fingerprint density at radius 1 is 0.472 bits per heavy atom. The summed E-state index contributed by atoms with van der Waals surface area (Å²) in [5, 5.41) is 5.28. The van der Waals surface area contributed by atoms with Crippen LogP contribution in [0.25, 0.3) is 0 Å². The summed E-state index contributed by atoms with van der Waals surface area (Å²) in [4.78, 5) is 0. The lowest BCUT2D eigenvalue weighted by atomic mass is 9.81. The summed E-state index contributed by atoms with van der Waals surface area (Å²) in [5.74, 6) is 11.0. The molecule has 7 aliphatic carbocycles. The first kappa shape index (κ1) is 26.3. The molecule has 0 aromatic carbocycles. The quantitative estimate of drug-likeness (QED) is 0.320. The number of hydrogen-bond donors (Lipinski definition) is 2. The average Bonchev–Trinajstić information content (AvgIpc) is 3.61. The molecule has 7 fully saturated rings. The van der Waals surface area contributed by atoms with Crippen molar-refractivity contribution >= 4 is 48.8 Å². The summed E-state index contributed by atoms with van der Waals surface area (Å²) < 4.78 is 0. The Labute approximate surface area is 242 Å². The van der Waals surface area contributed by atoms with E-state index in [0.717, 1.165) is 86.1 Å². The van der Waals surface area contributed by atoms with E-state index in [-0.39, 0.29) is 0 Å². The first-order valence-electron chi connectivity index (χ1n) is 16.0. The molecule has 0 nitrogen and oxygen atoms in total. The normalized spacial score (nSPS) is 60.1. The van der Waals surface area contributed by atoms with Crippen LogP contribution in [0, 0.1) is 65.1 Å². The van der Waals surface area contributed by atoms with E-state index in [0.29, 0.717) is 10.5 Å². The van der Waals surface area contributed by atoms with Crippen molar-refractivity contribution in [3.63, 3.8) is 0 Å². The van der Waals surface area contributed by atoms with Crippen molar-refractivity contribution in [2.24, 2.45) is 65.1 Å². The van der Waals surface area contributed by atoms with Gasteiger partial charge in [-0.2, -0.15) is 48.8 Å². The van der Waals surface area contributed by atoms with Gasteiger partial charge in [0.25, 0.3) is 0 Å². The van der Waals surface area contributed by atoms with Gasteiger partial charge in [-0.05, 0) is 142 Å². The summed E-state index contributed by atoms with van der Waals surface area (Å²) in [6, 6.07) is 0. The summed E-state index contributed by atoms with van der Waals surface area (Å²) >= 11 is 14.9. The monoisotopic (exact) mass is 564 g/mol. The van der Waals surface area contributed by atoms with Gasteiger partial charge in [0.1, 0.15) is 0 Å². The SMILES string of the molecule is CC1CC(SC2CC3CC2C2CC(SC4CC5CC(S)CC(C)C4C5)CC32)C(C2CC(S)CC2C)C1. The predicted molar refractivity (Wildman–Crippen MR) is 167 cm³/mol. The molecule has 0 spiro atoms. The van der Waals surface area contributed by atoms with E-state index in [1.807, 2.05) is 0 Å². The van der Waals surface area contributed by atoms with Crippen LogP contribution in [0.2, 0.25) is 0 Å². The maximum atomic E-state index is 4.92. The maximum Gasteiger partial charge on any atom is 0.00838 e. The van der Waals surface area contributed by atoms with E-state index in [1.54, 1.807) is 25.7 Å². The zero-order chi connectivity index (χ0) is 24.7. The Morgan fingerprint density at radius 2 is 1.14 bits per heavy atom. The summed E-state index contributed by atoms with van der Waals surface area (Å²) in [6.45, 7) is 7.65. The van der Waals surface area contributed by atoms with Crippen LogP contribution in [0.5, 0.6) is 0 Å². The first-order valence-corrected chi connectivity index (χ1v) is 18.9. The molecule has 0 amide bonds. The number of thiol groups is 2. The lowest BCUT2D eigenvalue weighted by molar-refractivity contribution is 0.262. The molecule has 204 valence electrons. The highest BCUT2D eigenvalue weighted by molar-refractivity contribution is 8.00. The second kappa shape index (κ2) is 10.3. The van der Waals surface area contributed by atoms with Crippen molar-refractivity contribution < 1.29 is 0 Å². The topological polar surface area (TPSA) is 0 Å². The third-order valence-electron chi connectivity index (χ3n) is 13.0. The Balaban J connectivity index is 0.973. The Kier molecular flexibility index (Phi) is 7.56. The van der Waals surface area contributed by atoms with Crippen LogP contribution >= 0.6 is 48.8 Å².